The Morgan fingerprint density at radius 1 is 1.19 bits per heavy atom. The van der Waals surface area contributed by atoms with Gasteiger partial charge in [-0.15, -0.1) is 12.4 Å². The first-order valence-corrected chi connectivity index (χ1v) is 11.2. The zero-order valence-corrected chi connectivity index (χ0v) is 17.3. The van der Waals surface area contributed by atoms with Crippen LogP contribution in [0.3, 0.4) is 0 Å². The van der Waals surface area contributed by atoms with E-state index in [-0.39, 0.29) is 24.1 Å². The third kappa shape index (κ3) is 4.81. The Bertz CT molecular complexity index is 741. The molecule has 5 nitrogen and oxygen atoms in total. The molecule has 2 aliphatic heterocycles. The molecule has 1 amide bonds. The Hall–Kier alpha value is -1.18. The summed E-state index contributed by atoms with van der Waals surface area (Å²) in [7, 11) is -3.47. The molecule has 0 aliphatic carbocycles. The molecule has 8 heteroatoms. The molecule has 0 atom stereocenters. The standard InChI is InChI=1S/C19H27FN2O3S.ClH/c1-26(24,25)19(8-10-21-11-9-19)18(23)22-12-6-16(7-13-22)14-15-2-4-17(20)5-3-15;/h2-5,16,21H,6-14H2,1H3;1H. The number of hydrogen-bond acceptors (Lipinski definition) is 4. The molecule has 0 radical (unpaired) electrons. The lowest BCUT2D eigenvalue weighted by Crippen LogP contribution is -2.59. The summed E-state index contributed by atoms with van der Waals surface area (Å²) < 4.78 is 36.6. The van der Waals surface area contributed by atoms with Gasteiger partial charge in [-0.05, 0) is 68.8 Å². The molecule has 2 heterocycles. The number of carbonyl (C=O) groups excluding carboxylic acids is 1. The second kappa shape index (κ2) is 8.88. The topological polar surface area (TPSA) is 66.5 Å². The Balaban J connectivity index is 0.00000261. The molecule has 0 saturated carbocycles. The minimum absolute atomic E-state index is 0. The van der Waals surface area contributed by atoms with Gasteiger partial charge in [0.15, 0.2) is 14.6 Å². The average molecular weight is 419 g/mol. The second-order valence-corrected chi connectivity index (χ2v) is 9.91. The van der Waals surface area contributed by atoms with Gasteiger partial charge in [-0.2, -0.15) is 0 Å². The van der Waals surface area contributed by atoms with Crippen LogP contribution in [-0.2, 0) is 21.1 Å². The number of carbonyl (C=O) groups is 1. The van der Waals surface area contributed by atoms with E-state index in [9.17, 15) is 17.6 Å². The maximum absolute atomic E-state index is 13.1. The van der Waals surface area contributed by atoms with Gasteiger partial charge >= 0.3 is 0 Å². The minimum atomic E-state index is -3.47. The molecule has 3 rings (SSSR count). The van der Waals surface area contributed by atoms with Gasteiger partial charge in [-0.1, -0.05) is 12.1 Å². The number of hydrogen-bond donors (Lipinski definition) is 1. The van der Waals surface area contributed by atoms with Crippen LogP contribution >= 0.6 is 12.4 Å². The van der Waals surface area contributed by atoms with Crippen molar-refractivity contribution in [1.29, 1.82) is 0 Å². The van der Waals surface area contributed by atoms with Crippen molar-refractivity contribution in [2.75, 3.05) is 32.4 Å². The zero-order valence-electron chi connectivity index (χ0n) is 15.6. The number of sulfone groups is 1. The molecular formula is C19H28ClFN2O3S. The number of benzene rings is 1. The van der Waals surface area contributed by atoms with E-state index in [0.29, 0.717) is 44.9 Å². The van der Waals surface area contributed by atoms with Crippen LogP contribution in [0.25, 0.3) is 0 Å². The summed E-state index contributed by atoms with van der Waals surface area (Å²) in [6.45, 7) is 2.30. The third-order valence-corrected chi connectivity index (χ3v) is 7.85. The van der Waals surface area contributed by atoms with Gasteiger partial charge in [0, 0.05) is 19.3 Å². The largest absolute Gasteiger partial charge is 0.341 e. The third-order valence-electron chi connectivity index (χ3n) is 5.85. The number of halogens is 2. The van der Waals surface area contributed by atoms with Crippen molar-refractivity contribution in [3.8, 4) is 0 Å². The Kier molecular flexibility index (Phi) is 7.27. The Labute approximate surface area is 167 Å². The quantitative estimate of drug-likeness (QED) is 0.814. The lowest BCUT2D eigenvalue weighted by Gasteiger charge is -2.41. The van der Waals surface area contributed by atoms with Crippen molar-refractivity contribution in [2.24, 2.45) is 5.92 Å². The van der Waals surface area contributed by atoms with Crippen LogP contribution in [0.4, 0.5) is 4.39 Å². The smallest absolute Gasteiger partial charge is 0.244 e. The van der Waals surface area contributed by atoms with Gasteiger partial charge in [0.2, 0.25) is 5.91 Å². The summed E-state index contributed by atoms with van der Waals surface area (Å²) in [5, 5.41) is 3.15. The van der Waals surface area contributed by atoms with Crippen molar-refractivity contribution in [2.45, 2.75) is 36.9 Å². The lowest BCUT2D eigenvalue weighted by atomic mass is 9.88. The number of likely N-dealkylation sites (tertiary alicyclic amines) is 1. The molecule has 27 heavy (non-hydrogen) atoms. The van der Waals surface area contributed by atoms with Gasteiger partial charge in [0.25, 0.3) is 0 Å². The van der Waals surface area contributed by atoms with Crippen LogP contribution in [-0.4, -0.2) is 56.4 Å². The van der Waals surface area contributed by atoms with Crippen LogP contribution in [0.15, 0.2) is 24.3 Å². The van der Waals surface area contributed by atoms with E-state index in [4.69, 9.17) is 0 Å². The van der Waals surface area contributed by atoms with Gasteiger partial charge in [-0.3, -0.25) is 4.79 Å². The molecule has 1 aromatic rings. The summed E-state index contributed by atoms with van der Waals surface area (Å²) in [5.41, 5.74) is 1.10. The zero-order chi connectivity index (χ0) is 18.8. The first kappa shape index (κ1) is 22.1. The molecule has 2 fully saturated rings. The van der Waals surface area contributed by atoms with Crippen molar-refractivity contribution in [3.63, 3.8) is 0 Å². The first-order chi connectivity index (χ1) is 12.3. The predicted molar refractivity (Wildman–Crippen MR) is 106 cm³/mol. The maximum Gasteiger partial charge on any atom is 0.244 e. The fraction of sp³-hybridized carbons (Fsp3) is 0.632. The number of nitrogens with one attached hydrogen (secondary N) is 1. The highest BCUT2D eigenvalue weighted by Crippen LogP contribution is 2.32. The molecule has 0 spiro atoms. The fourth-order valence-corrected chi connectivity index (χ4v) is 5.55. The molecule has 2 aliphatic rings. The summed E-state index contributed by atoms with van der Waals surface area (Å²) in [6.07, 6.45) is 4.45. The van der Waals surface area contributed by atoms with Crippen molar-refractivity contribution in [1.82, 2.24) is 10.2 Å². The maximum atomic E-state index is 13.1. The van der Waals surface area contributed by atoms with Gasteiger partial charge in [-0.25, -0.2) is 12.8 Å². The van der Waals surface area contributed by atoms with E-state index < -0.39 is 14.6 Å². The van der Waals surface area contributed by atoms with Crippen LogP contribution in [0.2, 0.25) is 0 Å². The minimum Gasteiger partial charge on any atom is -0.341 e. The van der Waals surface area contributed by atoms with E-state index in [2.05, 4.69) is 5.32 Å². The molecule has 1 N–H and O–H groups in total. The van der Waals surface area contributed by atoms with Gasteiger partial charge in [0.1, 0.15) is 5.82 Å². The molecule has 152 valence electrons. The first-order valence-electron chi connectivity index (χ1n) is 9.26. The highest BCUT2D eigenvalue weighted by Gasteiger charge is 2.50. The number of amides is 1. The summed E-state index contributed by atoms with van der Waals surface area (Å²) in [6, 6.07) is 6.56. The van der Waals surface area contributed by atoms with Crippen LogP contribution in [0.5, 0.6) is 0 Å². The van der Waals surface area contributed by atoms with Crippen molar-refractivity contribution in [3.05, 3.63) is 35.6 Å². The van der Waals surface area contributed by atoms with E-state index in [1.54, 1.807) is 17.0 Å². The van der Waals surface area contributed by atoms with E-state index in [1.807, 2.05) is 0 Å². The number of nitrogens with zero attached hydrogens (tertiary/aromatic N) is 1. The Morgan fingerprint density at radius 3 is 2.26 bits per heavy atom. The van der Waals surface area contributed by atoms with E-state index in [1.165, 1.54) is 18.4 Å². The highest BCUT2D eigenvalue weighted by molar-refractivity contribution is 7.92. The lowest BCUT2D eigenvalue weighted by molar-refractivity contribution is -0.136. The summed E-state index contributed by atoms with van der Waals surface area (Å²) in [5.74, 6) is -0.0179. The van der Waals surface area contributed by atoms with Crippen molar-refractivity contribution < 1.29 is 17.6 Å². The second-order valence-electron chi connectivity index (χ2n) is 7.58. The number of rotatable bonds is 4. The van der Waals surface area contributed by atoms with Gasteiger partial charge < -0.3 is 10.2 Å². The predicted octanol–water partition coefficient (Wildman–Crippen LogP) is 2.20. The SMILES string of the molecule is CS(=O)(=O)C1(C(=O)N2CCC(Cc3ccc(F)cc3)CC2)CCNCC1.Cl. The van der Waals surface area contributed by atoms with E-state index >= 15 is 0 Å². The highest BCUT2D eigenvalue weighted by atomic mass is 35.5. The average Bonchev–Trinajstić information content (AvgIpc) is 2.63. The molecule has 2 saturated heterocycles. The van der Waals surface area contributed by atoms with Crippen LogP contribution in [0, 0.1) is 11.7 Å². The summed E-state index contributed by atoms with van der Waals surface area (Å²) in [4.78, 5) is 14.8. The monoisotopic (exact) mass is 418 g/mol. The molecule has 1 aromatic carbocycles. The number of piperidine rings is 2. The molecule has 0 aromatic heterocycles. The molecule has 0 bridgehead atoms. The van der Waals surface area contributed by atoms with Crippen molar-refractivity contribution >= 4 is 28.2 Å². The van der Waals surface area contributed by atoms with Crippen LogP contribution < -0.4 is 5.32 Å². The normalized spacial score (nSPS) is 20.7. The van der Waals surface area contributed by atoms with Gasteiger partial charge in [0.05, 0.1) is 0 Å². The van der Waals surface area contributed by atoms with E-state index in [0.717, 1.165) is 24.8 Å². The molecular weight excluding hydrogens is 391 g/mol. The Morgan fingerprint density at radius 2 is 1.74 bits per heavy atom. The van der Waals surface area contributed by atoms with Crippen LogP contribution in [0.1, 0.15) is 31.2 Å². The summed E-state index contributed by atoms with van der Waals surface area (Å²) >= 11 is 0. The molecule has 0 unspecified atom stereocenters. The fourth-order valence-electron chi connectivity index (χ4n) is 4.16.